The van der Waals surface area contributed by atoms with Gasteiger partial charge in [0.1, 0.15) is 10.6 Å². The highest BCUT2D eigenvalue weighted by Gasteiger charge is 2.20. The lowest BCUT2D eigenvalue weighted by atomic mass is 10.2. The van der Waals surface area contributed by atoms with Gasteiger partial charge in [-0.2, -0.15) is 0 Å². The number of nitrogens with two attached hydrogens (primary N) is 2. The molecule has 0 saturated heterocycles. The topological polar surface area (TPSA) is 139 Å². The van der Waals surface area contributed by atoms with Crippen LogP contribution in [0.2, 0.25) is 0 Å². The minimum atomic E-state index is -3.98. The van der Waals surface area contributed by atoms with Gasteiger partial charge in [-0.05, 0) is 29.8 Å². The third-order valence-electron chi connectivity index (χ3n) is 3.03. The Morgan fingerprint density at radius 3 is 2.46 bits per heavy atom. The van der Waals surface area contributed by atoms with Crippen molar-refractivity contribution in [2.45, 2.75) is 11.4 Å². The summed E-state index contributed by atoms with van der Waals surface area (Å²) in [6.45, 7) is 4.63. The Labute approximate surface area is 141 Å². The van der Waals surface area contributed by atoms with Crippen molar-refractivity contribution in [3.63, 3.8) is 0 Å². The summed E-state index contributed by atoms with van der Waals surface area (Å²) in [5.74, 6) is 0.507. The maximum atomic E-state index is 11.9. The van der Waals surface area contributed by atoms with E-state index in [4.69, 9.17) is 15.6 Å². The second-order valence-corrected chi connectivity index (χ2v) is 6.42. The molecule has 7 nitrogen and oxygen atoms in total. The van der Waals surface area contributed by atoms with Gasteiger partial charge in [-0.1, -0.05) is 24.3 Å². The Morgan fingerprint density at radius 1 is 1.21 bits per heavy atom. The zero-order valence-electron chi connectivity index (χ0n) is 13.0. The molecule has 7 N–H and O–H groups in total. The first-order valence-electron chi connectivity index (χ1n) is 6.91. The van der Waals surface area contributed by atoms with Gasteiger partial charge in [0.15, 0.2) is 5.75 Å². The van der Waals surface area contributed by atoms with Crippen molar-refractivity contribution in [3.8, 4) is 11.5 Å². The first-order valence-corrected chi connectivity index (χ1v) is 8.46. The monoisotopic (exact) mass is 351 g/mol. The lowest BCUT2D eigenvalue weighted by Crippen LogP contribution is -2.17. The van der Waals surface area contributed by atoms with Crippen LogP contribution in [0.5, 0.6) is 11.5 Å². The van der Waals surface area contributed by atoms with E-state index in [2.05, 4.69) is 11.9 Å². The predicted octanol–water partition coefficient (Wildman–Crippen LogP) is 1.16. The quantitative estimate of drug-likeness (QED) is 0.390. The molecule has 0 saturated carbocycles. The number of benzene rings is 2. The molecule has 0 aromatic heterocycles. The Morgan fingerprint density at radius 2 is 1.88 bits per heavy atom. The number of sulfonamides is 1. The molecular weight excluding hydrogens is 330 g/mol. The van der Waals surface area contributed by atoms with E-state index < -0.39 is 10.0 Å². The summed E-state index contributed by atoms with van der Waals surface area (Å²) < 4.78 is 29.4. The minimum absolute atomic E-state index is 0. The van der Waals surface area contributed by atoms with Crippen LogP contribution in [0.15, 0.2) is 60.0 Å². The highest BCUT2D eigenvalue weighted by Crippen LogP contribution is 2.35. The van der Waals surface area contributed by atoms with Crippen LogP contribution < -0.4 is 20.9 Å². The van der Waals surface area contributed by atoms with Crippen LogP contribution in [-0.4, -0.2) is 20.4 Å². The van der Waals surface area contributed by atoms with E-state index in [1.807, 2.05) is 6.07 Å². The molecule has 0 aliphatic heterocycles. The van der Waals surface area contributed by atoms with Gasteiger partial charge >= 0.3 is 0 Å². The van der Waals surface area contributed by atoms with Gasteiger partial charge in [0.25, 0.3) is 0 Å². The van der Waals surface area contributed by atoms with Crippen molar-refractivity contribution in [1.29, 1.82) is 0 Å². The van der Waals surface area contributed by atoms with E-state index in [1.54, 1.807) is 36.4 Å². The van der Waals surface area contributed by atoms with Crippen LogP contribution in [0.4, 0.5) is 5.69 Å². The number of para-hydroxylation sites is 1. The molecular formula is C16H21N3O4S. The average molecular weight is 351 g/mol. The number of anilines is 1. The van der Waals surface area contributed by atoms with Gasteiger partial charge in [-0.15, -0.1) is 6.58 Å². The lowest BCUT2D eigenvalue weighted by molar-refractivity contribution is 0.469. The van der Waals surface area contributed by atoms with Gasteiger partial charge < -0.3 is 21.3 Å². The molecule has 8 heteroatoms. The summed E-state index contributed by atoms with van der Waals surface area (Å²) in [5.41, 5.74) is 6.87. The van der Waals surface area contributed by atoms with Crippen LogP contribution in [0.25, 0.3) is 0 Å². The molecule has 0 aliphatic carbocycles. The third-order valence-corrected chi connectivity index (χ3v) is 3.95. The highest BCUT2D eigenvalue weighted by molar-refractivity contribution is 7.89. The van der Waals surface area contributed by atoms with Crippen LogP contribution in [0.1, 0.15) is 5.56 Å². The molecule has 0 bridgehead atoms. The zero-order chi connectivity index (χ0) is 16.9. The number of nitrogen functional groups attached to an aromatic ring is 1. The van der Waals surface area contributed by atoms with Crippen molar-refractivity contribution in [3.05, 3.63) is 60.7 Å². The molecule has 0 spiro atoms. The van der Waals surface area contributed by atoms with E-state index in [9.17, 15) is 8.42 Å². The second kappa shape index (κ2) is 8.46. The Kier molecular flexibility index (Phi) is 6.93. The van der Waals surface area contributed by atoms with E-state index in [0.29, 0.717) is 24.4 Å². The maximum absolute atomic E-state index is 11.9. The molecule has 0 radical (unpaired) electrons. The molecule has 0 aliphatic rings. The molecule has 0 heterocycles. The van der Waals surface area contributed by atoms with Gasteiger partial charge in [0, 0.05) is 13.1 Å². The number of primary sulfonamides is 1. The van der Waals surface area contributed by atoms with Crippen LogP contribution in [0, 0.1) is 0 Å². The lowest BCUT2D eigenvalue weighted by Gasteiger charge is -2.14. The summed E-state index contributed by atoms with van der Waals surface area (Å²) in [7, 11) is -3.98. The van der Waals surface area contributed by atoms with Crippen molar-refractivity contribution in [1.82, 2.24) is 5.32 Å². The molecule has 0 atom stereocenters. The largest absolute Gasteiger partial charge is 0.454 e. The number of hydrogen-bond donors (Lipinski definition) is 3. The molecule has 0 unspecified atom stereocenters. The number of rotatable bonds is 7. The summed E-state index contributed by atoms with van der Waals surface area (Å²) in [5, 5.41) is 8.38. The summed E-state index contributed by atoms with van der Waals surface area (Å²) >= 11 is 0. The van der Waals surface area contributed by atoms with Gasteiger partial charge in [-0.25, -0.2) is 13.6 Å². The fourth-order valence-corrected chi connectivity index (χ4v) is 2.76. The van der Waals surface area contributed by atoms with E-state index >= 15 is 0 Å². The van der Waals surface area contributed by atoms with Gasteiger partial charge in [0.2, 0.25) is 10.0 Å². The molecule has 0 fully saturated rings. The van der Waals surface area contributed by atoms with E-state index in [1.165, 1.54) is 6.07 Å². The minimum Gasteiger partial charge on any atom is -0.454 e. The van der Waals surface area contributed by atoms with Crippen molar-refractivity contribution < 1.29 is 18.6 Å². The van der Waals surface area contributed by atoms with Gasteiger partial charge in [0.05, 0.1) is 5.69 Å². The fraction of sp³-hybridized carbons (Fsp3) is 0.125. The molecule has 24 heavy (non-hydrogen) atoms. The molecule has 2 aromatic rings. The van der Waals surface area contributed by atoms with Crippen LogP contribution in [-0.2, 0) is 16.6 Å². The molecule has 0 amide bonds. The normalized spacial score (nSPS) is 10.7. The standard InChI is InChI=1S/C16H19N3O3S.H2O/c1-2-8-19-11-12-9-14(17)16(15(10-12)23(18,20)21)22-13-6-4-3-5-7-13;/h2-7,9-10,19H,1,8,11,17H2,(H2,18,20,21);1H2. The molecule has 130 valence electrons. The second-order valence-electron chi connectivity index (χ2n) is 4.89. The molecule has 2 rings (SSSR count). The average Bonchev–Trinajstić information content (AvgIpc) is 2.50. The highest BCUT2D eigenvalue weighted by atomic mass is 32.2. The summed E-state index contributed by atoms with van der Waals surface area (Å²) in [6.07, 6.45) is 1.71. The summed E-state index contributed by atoms with van der Waals surface area (Å²) in [6, 6.07) is 11.9. The van der Waals surface area contributed by atoms with E-state index in [-0.39, 0.29) is 21.8 Å². The summed E-state index contributed by atoms with van der Waals surface area (Å²) in [4.78, 5) is -0.142. The Hall–Kier alpha value is -2.39. The first-order chi connectivity index (χ1) is 10.9. The smallest absolute Gasteiger partial charge is 0.241 e. The maximum Gasteiger partial charge on any atom is 0.241 e. The van der Waals surface area contributed by atoms with E-state index in [0.717, 1.165) is 0 Å². The SMILES string of the molecule is C=CCNCc1cc(N)c(Oc2ccccc2)c(S(N)(=O)=O)c1.O. The Balaban J connectivity index is 0.00000288. The van der Waals surface area contributed by atoms with Gasteiger partial charge in [-0.3, -0.25) is 0 Å². The number of ether oxygens (including phenoxy) is 1. The number of hydrogen-bond acceptors (Lipinski definition) is 5. The number of nitrogens with one attached hydrogen (secondary N) is 1. The zero-order valence-corrected chi connectivity index (χ0v) is 13.8. The third kappa shape index (κ3) is 5.07. The van der Waals surface area contributed by atoms with Crippen LogP contribution >= 0.6 is 0 Å². The van der Waals surface area contributed by atoms with Crippen molar-refractivity contribution >= 4 is 15.7 Å². The van der Waals surface area contributed by atoms with Crippen molar-refractivity contribution in [2.75, 3.05) is 12.3 Å². The predicted molar refractivity (Wildman–Crippen MR) is 94.3 cm³/mol. The van der Waals surface area contributed by atoms with Crippen molar-refractivity contribution in [2.24, 2.45) is 5.14 Å². The van der Waals surface area contributed by atoms with Crippen LogP contribution in [0.3, 0.4) is 0 Å². The molecule has 2 aromatic carbocycles. The fourth-order valence-electron chi connectivity index (χ4n) is 2.03. The first kappa shape index (κ1) is 19.7. The Bertz CT molecular complexity index is 792.